The first-order valence-electron chi connectivity index (χ1n) is 7.41. The number of hydrogen-bond donors (Lipinski definition) is 2. The Morgan fingerprint density at radius 2 is 2.10 bits per heavy atom. The molecule has 0 amide bonds. The van der Waals surface area contributed by atoms with Gasteiger partial charge in [-0.1, -0.05) is 26.3 Å². The first kappa shape index (κ1) is 16.3. The van der Waals surface area contributed by atoms with Crippen LogP contribution in [0.4, 0.5) is 0 Å². The molecule has 2 rings (SSSR count). The molecule has 2 N–H and O–H groups in total. The fourth-order valence-electron chi connectivity index (χ4n) is 2.42. The number of methoxy groups -OCH3 is 1. The van der Waals surface area contributed by atoms with Gasteiger partial charge >= 0.3 is 0 Å². The van der Waals surface area contributed by atoms with Crippen LogP contribution in [0.3, 0.4) is 0 Å². The Bertz CT molecular complexity index is 587. The Balaban J connectivity index is 2.22. The number of benzene rings is 1. The van der Waals surface area contributed by atoms with Gasteiger partial charge in [0.05, 0.1) is 7.11 Å². The predicted octanol–water partition coefficient (Wildman–Crippen LogP) is 1.88. The van der Waals surface area contributed by atoms with Gasteiger partial charge in [0.25, 0.3) is 0 Å². The second kappa shape index (κ2) is 6.77. The molecule has 1 fully saturated rings. The summed E-state index contributed by atoms with van der Waals surface area (Å²) in [5, 5.41) is 3.19. The highest BCUT2D eigenvalue weighted by Crippen LogP contribution is 2.35. The summed E-state index contributed by atoms with van der Waals surface area (Å²) in [4.78, 5) is 0.224. The summed E-state index contributed by atoms with van der Waals surface area (Å²) in [5.41, 5.74) is 0.931. The maximum atomic E-state index is 12.5. The van der Waals surface area contributed by atoms with E-state index in [0.717, 1.165) is 24.9 Å². The summed E-state index contributed by atoms with van der Waals surface area (Å²) < 4.78 is 33.1. The second-order valence-corrected chi connectivity index (χ2v) is 7.08. The van der Waals surface area contributed by atoms with E-state index in [0.29, 0.717) is 18.2 Å². The van der Waals surface area contributed by atoms with Gasteiger partial charge in [-0.2, -0.15) is 0 Å². The minimum absolute atomic E-state index is 0.0714. The van der Waals surface area contributed by atoms with Crippen molar-refractivity contribution in [2.24, 2.45) is 5.92 Å². The third kappa shape index (κ3) is 3.96. The van der Waals surface area contributed by atoms with Crippen LogP contribution < -0.4 is 14.8 Å². The highest BCUT2D eigenvalue weighted by Gasteiger charge is 2.39. The molecule has 1 aliphatic rings. The lowest BCUT2D eigenvalue weighted by Crippen LogP contribution is -2.27. The maximum absolute atomic E-state index is 12.5. The minimum atomic E-state index is -3.53. The number of ether oxygens (including phenoxy) is 1. The fraction of sp³-hybridized carbons (Fsp3) is 0.600. The van der Waals surface area contributed by atoms with Gasteiger partial charge in [-0.3, -0.25) is 0 Å². The van der Waals surface area contributed by atoms with Crippen molar-refractivity contribution >= 4 is 10.0 Å². The van der Waals surface area contributed by atoms with E-state index in [1.165, 1.54) is 7.11 Å². The Morgan fingerprint density at radius 3 is 2.67 bits per heavy atom. The zero-order chi connectivity index (χ0) is 15.5. The van der Waals surface area contributed by atoms with Crippen molar-refractivity contribution in [3.63, 3.8) is 0 Å². The summed E-state index contributed by atoms with van der Waals surface area (Å²) >= 11 is 0. The molecule has 2 unspecified atom stereocenters. The number of nitrogens with one attached hydrogen (secondary N) is 2. The lowest BCUT2D eigenvalue weighted by atomic mass is 10.2. The van der Waals surface area contributed by atoms with Crippen molar-refractivity contribution < 1.29 is 13.2 Å². The molecule has 1 aliphatic carbocycles. The standard InChI is InChI=1S/C15H24N2O3S/c1-4-12-9-13(12)17-21(18,19)15-8-11(10-16-5-2)6-7-14(15)20-3/h6-8,12-13,16-17H,4-5,9-10H2,1-3H3. The lowest BCUT2D eigenvalue weighted by Gasteiger charge is -2.12. The molecule has 1 saturated carbocycles. The Morgan fingerprint density at radius 1 is 1.33 bits per heavy atom. The zero-order valence-corrected chi connectivity index (χ0v) is 13.7. The smallest absolute Gasteiger partial charge is 0.244 e. The van der Waals surface area contributed by atoms with E-state index in [2.05, 4.69) is 17.0 Å². The van der Waals surface area contributed by atoms with Crippen molar-refractivity contribution in [2.75, 3.05) is 13.7 Å². The van der Waals surface area contributed by atoms with Crippen molar-refractivity contribution in [2.45, 2.75) is 44.2 Å². The van der Waals surface area contributed by atoms with E-state index in [1.807, 2.05) is 13.0 Å². The highest BCUT2D eigenvalue weighted by atomic mass is 32.2. The van der Waals surface area contributed by atoms with E-state index in [4.69, 9.17) is 4.74 Å². The fourth-order valence-corrected chi connectivity index (χ4v) is 3.95. The normalized spacial score (nSPS) is 21.3. The molecule has 5 nitrogen and oxygen atoms in total. The van der Waals surface area contributed by atoms with Gasteiger partial charge in [-0.05, 0) is 36.6 Å². The summed E-state index contributed by atoms with van der Waals surface area (Å²) in [5.74, 6) is 0.854. The van der Waals surface area contributed by atoms with Crippen LogP contribution in [0.2, 0.25) is 0 Å². The molecular weight excluding hydrogens is 288 g/mol. The minimum Gasteiger partial charge on any atom is -0.495 e. The van der Waals surface area contributed by atoms with E-state index in [1.54, 1.807) is 12.1 Å². The molecule has 1 aromatic rings. The maximum Gasteiger partial charge on any atom is 0.244 e. The van der Waals surface area contributed by atoms with Crippen LogP contribution in [0.1, 0.15) is 32.3 Å². The number of hydrogen-bond acceptors (Lipinski definition) is 4. The zero-order valence-electron chi connectivity index (χ0n) is 12.8. The molecule has 6 heteroatoms. The van der Waals surface area contributed by atoms with Gasteiger partial charge in [0.1, 0.15) is 10.6 Å². The van der Waals surface area contributed by atoms with Gasteiger partial charge in [-0.15, -0.1) is 0 Å². The van der Waals surface area contributed by atoms with Crippen LogP contribution in [-0.2, 0) is 16.6 Å². The van der Waals surface area contributed by atoms with Crippen LogP contribution in [0.15, 0.2) is 23.1 Å². The van der Waals surface area contributed by atoms with Gasteiger partial charge in [0.15, 0.2) is 0 Å². The average Bonchev–Trinajstić information content (AvgIpc) is 3.22. The third-order valence-corrected chi connectivity index (χ3v) is 5.36. The SMILES string of the molecule is CCNCc1ccc(OC)c(S(=O)(=O)NC2CC2CC)c1. The van der Waals surface area contributed by atoms with Crippen molar-refractivity contribution in [1.82, 2.24) is 10.0 Å². The van der Waals surface area contributed by atoms with Crippen LogP contribution in [0, 0.1) is 5.92 Å². The first-order valence-corrected chi connectivity index (χ1v) is 8.90. The number of rotatable bonds is 8. The van der Waals surface area contributed by atoms with E-state index < -0.39 is 10.0 Å². The van der Waals surface area contributed by atoms with Gasteiger partial charge < -0.3 is 10.1 Å². The molecule has 118 valence electrons. The summed E-state index contributed by atoms with van der Waals surface area (Å²) in [6.45, 7) is 5.58. The second-order valence-electron chi connectivity index (χ2n) is 5.40. The van der Waals surface area contributed by atoms with Crippen LogP contribution >= 0.6 is 0 Å². The van der Waals surface area contributed by atoms with E-state index in [9.17, 15) is 8.42 Å². The van der Waals surface area contributed by atoms with Crippen LogP contribution in [0.25, 0.3) is 0 Å². The van der Waals surface area contributed by atoms with Gasteiger partial charge in [-0.25, -0.2) is 13.1 Å². The molecule has 0 aromatic heterocycles. The lowest BCUT2D eigenvalue weighted by molar-refractivity contribution is 0.402. The molecule has 2 atom stereocenters. The molecule has 21 heavy (non-hydrogen) atoms. The Kier molecular flexibility index (Phi) is 5.24. The van der Waals surface area contributed by atoms with Crippen LogP contribution in [-0.4, -0.2) is 28.1 Å². The predicted molar refractivity (Wildman–Crippen MR) is 82.9 cm³/mol. The summed E-state index contributed by atoms with van der Waals surface area (Å²) in [6, 6.07) is 5.35. The molecule has 0 aliphatic heterocycles. The molecule has 0 radical (unpaired) electrons. The van der Waals surface area contributed by atoms with Crippen molar-refractivity contribution in [3.05, 3.63) is 23.8 Å². The van der Waals surface area contributed by atoms with Crippen molar-refractivity contribution in [3.8, 4) is 5.75 Å². The molecule has 0 bridgehead atoms. The third-order valence-electron chi connectivity index (χ3n) is 3.85. The van der Waals surface area contributed by atoms with Gasteiger partial charge in [0.2, 0.25) is 10.0 Å². The number of sulfonamides is 1. The monoisotopic (exact) mass is 312 g/mol. The average molecular weight is 312 g/mol. The molecular formula is C15H24N2O3S. The van der Waals surface area contributed by atoms with Gasteiger partial charge in [0, 0.05) is 12.6 Å². The molecule has 1 aromatic carbocycles. The van der Waals surface area contributed by atoms with Crippen molar-refractivity contribution in [1.29, 1.82) is 0 Å². The van der Waals surface area contributed by atoms with E-state index in [-0.39, 0.29) is 10.9 Å². The summed E-state index contributed by atoms with van der Waals surface area (Å²) in [6.07, 6.45) is 1.93. The molecule has 0 saturated heterocycles. The first-order chi connectivity index (χ1) is 10.0. The Labute approximate surface area is 127 Å². The van der Waals surface area contributed by atoms with E-state index >= 15 is 0 Å². The molecule has 0 heterocycles. The van der Waals surface area contributed by atoms with Crippen LogP contribution in [0.5, 0.6) is 5.75 Å². The molecule has 0 spiro atoms. The largest absolute Gasteiger partial charge is 0.495 e. The summed E-state index contributed by atoms with van der Waals surface area (Å²) in [7, 11) is -2.04. The highest BCUT2D eigenvalue weighted by molar-refractivity contribution is 7.89. The quantitative estimate of drug-likeness (QED) is 0.769. The topological polar surface area (TPSA) is 67.4 Å². The Hall–Kier alpha value is -1.11.